The van der Waals surface area contributed by atoms with Crippen LogP contribution in [0.2, 0.25) is 0 Å². The van der Waals surface area contributed by atoms with E-state index in [0.717, 1.165) is 0 Å². The summed E-state index contributed by atoms with van der Waals surface area (Å²) in [5.74, 6) is -0.194. The van der Waals surface area contributed by atoms with Crippen LogP contribution in [0, 0.1) is 0 Å². The van der Waals surface area contributed by atoms with Crippen LogP contribution in [0.3, 0.4) is 0 Å². The Morgan fingerprint density at radius 1 is 1.38 bits per heavy atom. The molecule has 1 aromatic carbocycles. The van der Waals surface area contributed by atoms with Gasteiger partial charge in [-0.2, -0.15) is 0 Å². The number of benzene rings is 1. The topological polar surface area (TPSA) is 75.6 Å². The molecule has 2 N–H and O–H groups in total. The first-order chi connectivity index (χ1) is 7.24. The van der Waals surface area contributed by atoms with E-state index in [0.29, 0.717) is 5.56 Å². The smallest absolute Gasteiger partial charge is 0.351 e. The number of rotatable bonds is 5. The van der Waals surface area contributed by atoms with E-state index in [4.69, 9.17) is 5.26 Å². The van der Waals surface area contributed by atoms with Crippen LogP contribution in [0.1, 0.15) is 10.4 Å². The third kappa shape index (κ3) is 5.74. The Hall–Kier alpha value is -0.240. The normalized spacial score (nSPS) is 11.3. The molecule has 0 aliphatic rings. The molecule has 0 radical (unpaired) electrons. The molecule has 5 nitrogen and oxygen atoms in total. The summed E-state index contributed by atoms with van der Waals surface area (Å²) in [5.41, 5.74) is 0.535. The van der Waals surface area contributed by atoms with Crippen LogP contribution >= 0.6 is 0 Å². The van der Waals surface area contributed by atoms with Crippen LogP contribution in [-0.2, 0) is 15.4 Å². The van der Waals surface area contributed by atoms with Gasteiger partial charge in [0, 0.05) is 12.1 Å². The number of amides is 1. The van der Waals surface area contributed by atoms with Crippen molar-refractivity contribution in [1.82, 2.24) is 5.32 Å². The molecule has 0 aliphatic carbocycles. The molecular weight excluding hydrogens is 241 g/mol. The molecule has 1 amide bonds. The van der Waals surface area contributed by atoms with Crippen LogP contribution in [-0.4, -0.2) is 27.7 Å². The molecule has 0 saturated heterocycles. The van der Waals surface area contributed by atoms with Gasteiger partial charge in [0.1, 0.15) is 0 Å². The predicted octanol–water partition coefficient (Wildman–Crippen LogP) is -2.43. The fourth-order valence-corrected chi connectivity index (χ4v) is 1.32. The van der Waals surface area contributed by atoms with Crippen LogP contribution in [0.25, 0.3) is 0 Å². The Balaban J connectivity index is 0.00000225. The molecular formula is C9H11NNaO4S+. The van der Waals surface area contributed by atoms with Crippen LogP contribution in [0.4, 0.5) is 0 Å². The average Bonchev–Trinajstić information content (AvgIpc) is 2.29. The molecule has 0 heterocycles. The minimum absolute atomic E-state index is 0. The Morgan fingerprint density at radius 3 is 2.56 bits per heavy atom. The van der Waals surface area contributed by atoms with Gasteiger partial charge in [0.05, 0.1) is 5.75 Å². The molecule has 16 heavy (non-hydrogen) atoms. The molecule has 0 spiro atoms. The summed E-state index contributed by atoms with van der Waals surface area (Å²) < 4.78 is 14.2. The second-order valence-corrected chi connectivity index (χ2v) is 3.87. The van der Waals surface area contributed by atoms with Crippen molar-refractivity contribution in [2.45, 2.75) is 0 Å². The van der Waals surface area contributed by atoms with Gasteiger partial charge in [-0.05, 0) is 12.1 Å². The monoisotopic (exact) mass is 252 g/mol. The van der Waals surface area contributed by atoms with E-state index in [1.165, 1.54) is 0 Å². The number of hydrogen-bond donors (Lipinski definition) is 2. The van der Waals surface area contributed by atoms with Gasteiger partial charge in [-0.15, -0.1) is 4.33 Å². The molecule has 7 heteroatoms. The Labute approximate surface area is 118 Å². The van der Waals surface area contributed by atoms with Crippen molar-refractivity contribution in [2.75, 3.05) is 12.3 Å². The Kier molecular flexibility index (Phi) is 8.73. The fraction of sp³-hybridized carbons (Fsp3) is 0.222. The molecule has 1 aromatic rings. The summed E-state index contributed by atoms with van der Waals surface area (Å²) >= 11 is -1.76. The van der Waals surface area contributed by atoms with Gasteiger partial charge in [0.25, 0.3) is 5.91 Å². The van der Waals surface area contributed by atoms with Crippen LogP contribution < -0.4 is 34.9 Å². The molecule has 0 saturated carbocycles. The van der Waals surface area contributed by atoms with Gasteiger partial charge in [-0.25, -0.2) is 9.47 Å². The van der Waals surface area contributed by atoms with Crippen molar-refractivity contribution in [3.63, 3.8) is 0 Å². The van der Waals surface area contributed by atoms with Gasteiger partial charge in [0.2, 0.25) is 0 Å². The molecule has 1 atom stereocenters. The Morgan fingerprint density at radius 2 is 2.00 bits per heavy atom. The summed E-state index contributed by atoms with van der Waals surface area (Å²) in [6.45, 7) is 0.181. The van der Waals surface area contributed by atoms with Crippen molar-refractivity contribution >= 4 is 17.0 Å². The third-order valence-electron chi connectivity index (χ3n) is 1.67. The van der Waals surface area contributed by atoms with E-state index in [-0.39, 0.29) is 47.8 Å². The quantitative estimate of drug-likeness (QED) is 0.347. The number of carbonyl (C=O) groups excluding carboxylic acids is 1. The van der Waals surface area contributed by atoms with Gasteiger partial charge < -0.3 is 5.32 Å². The van der Waals surface area contributed by atoms with Gasteiger partial charge in [-0.1, -0.05) is 18.2 Å². The first kappa shape index (κ1) is 15.8. The maximum absolute atomic E-state index is 11.4. The molecule has 0 aliphatic heterocycles. The van der Waals surface area contributed by atoms with E-state index in [1.54, 1.807) is 24.3 Å². The van der Waals surface area contributed by atoms with E-state index in [1.807, 2.05) is 6.07 Å². The molecule has 82 valence electrons. The van der Waals surface area contributed by atoms with E-state index in [2.05, 4.69) is 9.65 Å². The van der Waals surface area contributed by atoms with Gasteiger partial charge in [-0.3, -0.25) is 4.79 Å². The summed E-state index contributed by atoms with van der Waals surface area (Å²) in [7, 11) is 0. The first-order valence-corrected chi connectivity index (χ1v) is 5.52. The third-order valence-corrected chi connectivity index (χ3v) is 2.38. The minimum atomic E-state index is -1.76. The fourth-order valence-electron chi connectivity index (χ4n) is 0.977. The van der Waals surface area contributed by atoms with Crippen LogP contribution in [0.5, 0.6) is 0 Å². The maximum Gasteiger partial charge on any atom is 1.00 e. The Bertz CT molecular complexity index is 347. The number of nitrogens with one attached hydrogen (secondary N) is 1. The van der Waals surface area contributed by atoms with E-state index >= 15 is 0 Å². The van der Waals surface area contributed by atoms with Gasteiger partial charge >= 0.3 is 29.6 Å². The van der Waals surface area contributed by atoms with Gasteiger partial charge in [0.15, 0.2) is 11.1 Å². The average molecular weight is 252 g/mol. The van der Waals surface area contributed by atoms with Crippen molar-refractivity contribution in [3.8, 4) is 0 Å². The zero-order valence-corrected chi connectivity index (χ0v) is 11.7. The molecule has 1 unspecified atom stereocenters. The predicted molar refractivity (Wildman–Crippen MR) is 55.5 cm³/mol. The van der Waals surface area contributed by atoms with Crippen molar-refractivity contribution in [1.29, 1.82) is 0 Å². The van der Waals surface area contributed by atoms with Crippen molar-refractivity contribution in [3.05, 3.63) is 35.9 Å². The molecule has 0 fully saturated rings. The molecule has 0 bridgehead atoms. The molecule has 0 aromatic heterocycles. The zero-order valence-electron chi connectivity index (χ0n) is 8.88. The summed E-state index contributed by atoms with van der Waals surface area (Å²) in [6.07, 6.45) is 0. The summed E-state index contributed by atoms with van der Waals surface area (Å²) in [4.78, 5) is 11.4. The summed E-state index contributed by atoms with van der Waals surface area (Å²) in [5, 5.41) is 10.5. The van der Waals surface area contributed by atoms with Crippen LogP contribution in [0.15, 0.2) is 30.3 Å². The SMILES string of the molecule is O=C(NCCS(=O)OO)c1ccccc1.[Na+]. The summed E-state index contributed by atoms with van der Waals surface area (Å²) in [6, 6.07) is 8.67. The van der Waals surface area contributed by atoms with E-state index < -0.39 is 11.1 Å². The van der Waals surface area contributed by atoms with E-state index in [9.17, 15) is 9.00 Å². The van der Waals surface area contributed by atoms with Crippen molar-refractivity contribution < 1.29 is 48.2 Å². The maximum atomic E-state index is 11.4. The number of carbonyl (C=O) groups is 1. The van der Waals surface area contributed by atoms with Crippen molar-refractivity contribution in [2.24, 2.45) is 0 Å². The zero-order chi connectivity index (χ0) is 11.1. The second kappa shape index (κ2) is 8.86. The second-order valence-electron chi connectivity index (χ2n) is 2.70. The first-order valence-electron chi connectivity index (χ1n) is 4.27. The standard InChI is InChI=1S/C9H11NO4S.Na/c11-9(8-4-2-1-3-5-8)10-6-7-15(13)14-12;/h1-5,12H,6-7H2,(H,10,11);/q;+1. The number of hydrogen-bond acceptors (Lipinski definition) is 4. The molecule has 1 rings (SSSR count). The largest absolute Gasteiger partial charge is 1.00 e. The minimum Gasteiger partial charge on any atom is -0.351 e.